The first-order valence-corrected chi connectivity index (χ1v) is 7.60. The quantitative estimate of drug-likeness (QED) is 0.748. The molecule has 2 heterocycles. The van der Waals surface area contributed by atoms with Gasteiger partial charge >= 0.3 is 0 Å². The summed E-state index contributed by atoms with van der Waals surface area (Å²) < 4.78 is 0. The largest absolute Gasteiger partial charge is 0.354 e. The van der Waals surface area contributed by atoms with Gasteiger partial charge in [0, 0.05) is 18.8 Å². The van der Waals surface area contributed by atoms with E-state index in [4.69, 9.17) is 0 Å². The Morgan fingerprint density at radius 3 is 2.62 bits per heavy atom. The number of nitrogens with one attached hydrogen (secondary N) is 2. The molecule has 3 rings (SSSR count). The first kappa shape index (κ1) is 15.4. The smallest absolute Gasteiger partial charge is 0.225 e. The van der Waals surface area contributed by atoms with E-state index >= 15 is 0 Å². The summed E-state index contributed by atoms with van der Waals surface area (Å²) in [7, 11) is 0. The Morgan fingerprint density at radius 1 is 1.04 bits per heavy atom. The number of nitrogens with zero attached hydrogens (tertiary/aromatic N) is 4. The van der Waals surface area contributed by atoms with Gasteiger partial charge in [-0.1, -0.05) is 18.2 Å². The second-order valence-corrected chi connectivity index (χ2v) is 4.99. The molecule has 0 aliphatic carbocycles. The molecule has 6 nitrogen and oxygen atoms in total. The molecule has 0 unspecified atom stereocenters. The van der Waals surface area contributed by atoms with Crippen LogP contribution < -0.4 is 10.6 Å². The zero-order chi connectivity index (χ0) is 16.8. The van der Waals surface area contributed by atoms with Crippen molar-refractivity contribution in [3.63, 3.8) is 0 Å². The zero-order valence-electron chi connectivity index (χ0n) is 13.2. The van der Waals surface area contributed by atoms with E-state index in [9.17, 15) is 5.26 Å². The van der Waals surface area contributed by atoms with Crippen LogP contribution in [0.1, 0.15) is 12.5 Å². The maximum Gasteiger partial charge on any atom is 0.225 e. The SMILES string of the molecule is CCNc1nc(Nc2ccccc2C#N)cc(-c2ccccn2)n1. The van der Waals surface area contributed by atoms with Crippen LogP contribution >= 0.6 is 0 Å². The molecule has 0 saturated carbocycles. The molecular weight excluding hydrogens is 300 g/mol. The Morgan fingerprint density at radius 2 is 1.88 bits per heavy atom. The Kier molecular flexibility index (Phi) is 4.63. The van der Waals surface area contributed by atoms with E-state index in [0.717, 1.165) is 5.69 Å². The van der Waals surface area contributed by atoms with Crippen molar-refractivity contribution in [1.82, 2.24) is 15.0 Å². The zero-order valence-corrected chi connectivity index (χ0v) is 13.2. The summed E-state index contributed by atoms with van der Waals surface area (Å²) in [6.07, 6.45) is 1.72. The molecule has 0 aliphatic heterocycles. The van der Waals surface area contributed by atoms with E-state index in [0.29, 0.717) is 35.3 Å². The van der Waals surface area contributed by atoms with Crippen LogP contribution in [-0.4, -0.2) is 21.5 Å². The van der Waals surface area contributed by atoms with E-state index < -0.39 is 0 Å². The van der Waals surface area contributed by atoms with Gasteiger partial charge in [-0.05, 0) is 31.2 Å². The first-order valence-electron chi connectivity index (χ1n) is 7.60. The molecule has 0 atom stereocenters. The van der Waals surface area contributed by atoms with Crippen molar-refractivity contribution in [1.29, 1.82) is 5.26 Å². The van der Waals surface area contributed by atoms with Crippen molar-refractivity contribution in [3.8, 4) is 17.5 Å². The second-order valence-electron chi connectivity index (χ2n) is 4.99. The average molecular weight is 316 g/mol. The van der Waals surface area contributed by atoms with Crippen molar-refractivity contribution in [2.24, 2.45) is 0 Å². The van der Waals surface area contributed by atoms with Gasteiger partial charge < -0.3 is 10.6 Å². The lowest BCUT2D eigenvalue weighted by Gasteiger charge is -2.11. The summed E-state index contributed by atoms with van der Waals surface area (Å²) in [4.78, 5) is 13.3. The molecule has 24 heavy (non-hydrogen) atoms. The van der Waals surface area contributed by atoms with Gasteiger partial charge in [-0.2, -0.15) is 10.2 Å². The highest BCUT2D eigenvalue weighted by Crippen LogP contribution is 2.23. The summed E-state index contributed by atoms with van der Waals surface area (Å²) in [5, 5.41) is 15.5. The normalized spacial score (nSPS) is 10.0. The van der Waals surface area contributed by atoms with E-state index in [1.807, 2.05) is 49.4 Å². The Hall–Kier alpha value is -3.46. The van der Waals surface area contributed by atoms with Gasteiger partial charge in [0.05, 0.1) is 22.6 Å². The van der Waals surface area contributed by atoms with Crippen LogP contribution in [-0.2, 0) is 0 Å². The van der Waals surface area contributed by atoms with Crippen LogP contribution in [0.15, 0.2) is 54.7 Å². The highest BCUT2D eigenvalue weighted by molar-refractivity contribution is 5.68. The summed E-state index contributed by atoms with van der Waals surface area (Å²) in [6.45, 7) is 2.69. The van der Waals surface area contributed by atoms with Crippen molar-refractivity contribution in [2.45, 2.75) is 6.92 Å². The third kappa shape index (κ3) is 3.47. The predicted molar refractivity (Wildman–Crippen MR) is 93.9 cm³/mol. The molecule has 0 amide bonds. The minimum absolute atomic E-state index is 0.512. The first-order chi connectivity index (χ1) is 11.8. The molecule has 0 spiro atoms. The number of hydrogen-bond donors (Lipinski definition) is 2. The molecule has 0 aliphatic rings. The molecule has 118 valence electrons. The Labute approximate surface area is 140 Å². The van der Waals surface area contributed by atoms with Gasteiger partial charge in [-0.25, -0.2) is 4.98 Å². The molecule has 2 aromatic heterocycles. The Bertz CT molecular complexity index is 870. The molecule has 2 N–H and O–H groups in total. The molecular formula is C18H16N6. The van der Waals surface area contributed by atoms with E-state index in [1.54, 1.807) is 12.3 Å². The molecule has 6 heteroatoms. The Balaban J connectivity index is 2.01. The fraction of sp³-hybridized carbons (Fsp3) is 0.111. The van der Waals surface area contributed by atoms with Crippen molar-refractivity contribution in [3.05, 3.63) is 60.3 Å². The molecule has 1 aromatic carbocycles. The standard InChI is InChI=1S/C18H16N6/c1-2-20-18-23-16(15-9-5-6-10-21-15)11-17(24-18)22-14-8-4-3-7-13(14)12-19/h3-11H,2H2,1H3,(H2,20,22,23,24). The molecule has 0 radical (unpaired) electrons. The number of nitriles is 1. The lowest BCUT2D eigenvalue weighted by Crippen LogP contribution is -2.06. The van der Waals surface area contributed by atoms with Crippen molar-refractivity contribution < 1.29 is 0 Å². The van der Waals surface area contributed by atoms with Crippen LogP contribution in [0.4, 0.5) is 17.5 Å². The second kappa shape index (κ2) is 7.20. The molecule has 0 bridgehead atoms. The highest BCUT2D eigenvalue weighted by Gasteiger charge is 2.09. The van der Waals surface area contributed by atoms with E-state index in [2.05, 4.69) is 31.7 Å². The highest BCUT2D eigenvalue weighted by atomic mass is 15.1. The summed E-state index contributed by atoms with van der Waals surface area (Å²) in [5.41, 5.74) is 2.72. The number of hydrogen-bond acceptors (Lipinski definition) is 6. The van der Waals surface area contributed by atoms with Crippen LogP contribution in [0.2, 0.25) is 0 Å². The van der Waals surface area contributed by atoms with Gasteiger partial charge in [0.25, 0.3) is 0 Å². The summed E-state index contributed by atoms with van der Waals surface area (Å²) in [6, 6.07) is 16.9. The minimum Gasteiger partial charge on any atom is -0.354 e. The topological polar surface area (TPSA) is 86.5 Å². The summed E-state index contributed by atoms with van der Waals surface area (Å²) >= 11 is 0. The van der Waals surface area contributed by atoms with Gasteiger partial charge in [0.2, 0.25) is 5.95 Å². The maximum atomic E-state index is 9.22. The maximum absolute atomic E-state index is 9.22. The van der Waals surface area contributed by atoms with Crippen LogP contribution in [0.25, 0.3) is 11.4 Å². The predicted octanol–water partition coefficient (Wildman–Crippen LogP) is 3.59. The number of pyridine rings is 1. The van der Waals surface area contributed by atoms with Gasteiger partial charge in [-0.15, -0.1) is 0 Å². The molecule has 0 saturated heterocycles. The molecule has 3 aromatic rings. The van der Waals surface area contributed by atoms with Crippen molar-refractivity contribution >= 4 is 17.5 Å². The van der Waals surface area contributed by atoms with Crippen LogP contribution in [0.3, 0.4) is 0 Å². The van der Waals surface area contributed by atoms with Gasteiger partial charge in [0.15, 0.2) is 0 Å². The third-order valence-corrected chi connectivity index (χ3v) is 3.30. The number of rotatable bonds is 5. The summed E-state index contributed by atoms with van der Waals surface area (Å²) in [5.74, 6) is 1.11. The lowest BCUT2D eigenvalue weighted by molar-refractivity contribution is 1.08. The fourth-order valence-electron chi connectivity index (χ4n) is 2.22. The van der Waals surface area contributed by atoms with E-state index in [-0.39, 0.29) is 0 Å². The van der Waals surface area contributed by atoms with Crippen molar-refractivity contribution in [2.75, 3.05) is 17.2 Å². The number of para-hydroxylation sites is 1. The number of aromatic nitrogens is 3. The van der Waals surface area contributed by atoms with E-state index in [1.165, 1.54) is 0 Å². The fourth-order valence-corrected chi connectivity index (χ4v) is 2.22. The van der Waals surface area contributed by atoms with Gasteiger partial charge in [0.1, 0.15) is 11.9 Å². The molecule has 0 fully saturated rings. The van der Waals surface area contributed by atoms with Crippen LogP contribution in [0, 0.1) is 11.3 Å². The lowest BCUT2D eigenvalue weighted by atomic mass is 10.2. The number of benzene rings is 1. The van der Waals surface area contributed by atoms with Crippen LogP contribution in [0.5, 0.6) is 0 Å². The monoisotopic (exact) mass is 316 g/mol. The minimum atomic E-state index is 0.512. The van der Waals surface area contributed by atoms with Gasteiger partial charge in [-0.3, -0.25) is 4.98 Å². The average Bonchev–Trinajstić information content (AvgIpc) is 2.63. The number of anilines is 3. The third-order valence-electron chi connectivity index (χ3n) is 3.30.